The number of fused-ring (bicyclic) bond motifs is 1. The number of nitrogens with zero attached hydrogens (tertiary/aromatic N) is 2. The Morgan fingerprint density at radius 3 is 2.98 bits per heavy atom. The van der Waals surface area contributed by atoms with Crippen molar-refractivity contribution in [2.45, 2.75) is 18.4 Å². The van der Waals surface area contributed by atoms with Gasteiger partial charge in [-0.2, -0.15) is 0 Å². The van der Waals surface area contributed by atoms with Gasteiger partial charge in [0.15, 0.2) is 5.75 Å². The van der Waals surface area contributed by atoms with Gasteiger partial charge < -0.3 is 40.0 Å². The lowest BCUT2D eigenvalue weighted by molar-refractivity contribution is -0.0148. The third-order valence-electron chi connectivity index (χ3n) is 7.04. The van der Waals surface area contributed by atoms with E-state index in [-0.39, 0.29) is 38.2 Å². The number of H-pyrrole nitrogens is 1. The molecule has 1 saturated heterocycles. The second-order valence-electron chi connectivity index (χ2n) is 9.42. The molecule has 2 aromatic heterocycles. The first kappa shape index (κ1) is 27.6. The molecule has 2 amide bonds. The zero-order valence-electron chi connectivity index (χ0n) is 21.8. The minimum absolute atomic E-state index is 0.0456. The van der Waals surface area contributed by atoms with Crippen molar-refractivity contribution in [2.75, 3.05) is 51.9 Å². The molecule has 0 spiro atoms. The molecular formula is C27H30ClN5O7. The van der Waals surface area contributed by atoms with Gasteiger partial charge in [-0.25, -0.2) is 4.79 Å². The SMILES string of the molecule is COc1c(Cl)cccc1Nc1c(-c2ccncc2OC[C@@H]2COCCN2C(=O)O)[nH]c2c1C(=O)NCC2CCO. The maximum Gasteiger partial charge on any atom is 0.407 e. The number of aromatic amines is 1. The van der Waals surface area contributed by atoms with Crippen LogP contribution in [0.15, 0.2) is 36.7 Å². The van der Waals surface area contributed by atoms with Gasteiger partial charge in [0.25, 0.3) is 5.91 Å². The fourth-order valence-corrected chi connectivity index (χ4v) is 5.33. The number of hydrogen-bond acceptors (Lipinski definition) is 8. The van der Waals surface area contributed by atoms with Gasteiger partial charge in [-0.15, -0.1) is 0 Å². The second kappa shape index (κ2) is 12.0. The van der Waals surface area contributed by atoms with Gasteiger partial charge in [-0.1, -0.05) is 17.7 Å². The summed E-state index contributed by atoms with van der Waals surface area (Å²) < 4.78 is 17.1. The van der Waals surface area contributed by atoms with Gasteiger partial charge >= 0.3 is 6.09 Å². The zero-order valence-corrected chi connectivity index (χ0v) is 22.5. The Balaban J connectivity index is 1.58. The molecule has 2 aliphatic rings. The number of ether oxygens (including phenoxy) is 3. The number of anilines is 2. The largest absolute Gasteiger partial charge is 0.493 e. The summed E-state index contributed by atoms with van der Waals surface area (Å²) >= 11 is 6.37. The van der Waals surface area contributed by atoms with Crippen molar-refractivity contribution in [3.8, 4) is 22.8 Å². The number of carbonyl (C=O) groups is 2. The molecule has 0 bridgehead atoms. The van der Waals surface area contributed by atoms with Crippen LogP contribution in [0, 0.1) is 0 Å². The molecule has 13 heteroatoms. The van der Waals surface area contributed by atoms with Crippen molar-refractivity contribution in [3.63, 3.8) is 0 Å². The first-order chi connectivity index (χ1) is 19.4. The topological polar surface area (TPSA) is 158 Å². The van der Waals surface area contributed by atoms with Crippen molar-refractivity contribution in [3.05, 3.63) is 52.9 Å². The number of halogens is 1. The number of pyridine rings is 1. The summed E-state index contributed by atoms with van der Waals surface area (Å²) in [6.07, 6.45) is 2.55. The van der Waals surface area contributed by atoms with Gasteiger partial charge in [0.2, 0.25) is 0 Å². The number of para-hydroxylation sites is 1. The van der Waals surface area contributed by atoms with E-state index in [0.29, 0.717) is 70.0 Å². The molecule has 0 aliphatic carbocycles. The van der Waals surface area contributed by atoms with Crippen LogP contribution in [0.1, 0.15) is 28.4 Å². The number of methoxy groups -OCH3 is 1. The number of amides is 2. The lowest BCUT2D eigenvalue weighted by atomic mass is 9.94. The zero-order chi connectivity index (χ0) is 28.2. The lowest BCUT2D eigenvalue weighted by Gasteiger charge is -2.33. The number of carbonyl (C=O) groups excluding carboxylic acids is 1. The van der Waals surface area contributed by atoms with Crippen LogP contribution in [0.3, 0.4) is 0 Å². The minimum Gasteiger partial charge on any atom is -0.493 e. The van der Waals surface area contributed by atoms with Gasteiger partial charge in [0.05, 0.1) is 60.2 Å². The van der Waals surface area contributed by atoms with Crippen LogP contribution >= 0.6 is 11.6 Å². The molecule has 1 aromatic carbocycles. The predicted octanol–water partition coefficient (Wildman–Crippen LogP) is 3.45. The highest BCUT2D eigenvalue weighted by atomic mass is 35.5. The molecule has 3 aromatic rings. The molecule has 40 heavy (non-hydrogen) atoms. The number of carboxylic acid groups (broad SMARTS) is 1. The van der Waals surface area contributed by atoms with E-state index >= 15 is 0 Å². The van der Waals surface area contributed by atoms with Crippen LogP contribution < -0.4 is 20.1 Å². The number of benzene rings is 1. The average molecular weight is 572 g/mol. The van der Waals surface area contributed by atoms with Crippen molar-refractivity contribution >= 4 is 35.0 Å². The normalized spacial score (nSPS) is 18.6. The van der Waals surface area contributed by atoms with E-state index < -0.39 is 12.1 Å². The van der Waals surface area contributed by atoms with E-state index in [4.69, 9.17) is 25.8 Å². The van der Waals surface area contributed by atoms with E-state index in [2.05, 4.69) is 20.6 Å². The summed E-state index contributed by atoms with van der Waals surface area (Å²) in [6.45, 7) is 1.16. The highest BCUT2D eigenvalue weighted by molar-refractivity contribution is 6.32. The standard InChI is InChI=1S/C27H30ClN5O7/c1-38-25-18(28)3-2-4-19(25)31-24-21-22(15(6-9-34)11-30-26(21)35)32-23(24)17-5-7-29-12-20(17)40-14-16-13-39-10-8-33(16)27(36)37/h2-5,7,12,15-16,31-32,34H,6,8-11,13-14H2,1H3,(H,30,35)(H,36,37)/t15?,16-/m0/s1. The van der Waals surface area contributed by atoms with Crippen LogP contribution in [0.4, 0.5) is 16.2 Å². The third-order valence-corrected chi connectivity index (χ3v) is 7.34. The summed E-state index contributed by atoms with van der Waals surface area (Å²) in [6, 6.07) is 6.50. The molecule has 212 valence electrons. The lowest BCUT2D eigenvalue weighted by Crippen LogP contribution is -2.50. The van der Waals surface area contributed by atoms with Crippen LogP contribution in [0.25, 0.3) is 11.3 Å². The smallest absolute Gasteiger partial charge is 0.407 e. The maximum atomic E-state index is 13.2. The van der Waals surface area contributed by atoms with Crippen molar-refractivity contribution in [2.24, 2.45) is 0 Å². The van der Waals surface area contributed by atoms with E-state index in [1.165, 1.54) is 12.0 Å². The second-order valence-corrected chi connectivity index (χ2v) is 9.82. The Hall–Kier alpha value is -4.00. The highest BCUT2D eigenvalue weighted by Gasteiger charge is 2.34. The van der Waals surface area contributed by atoms with Crippen molar-refractivity contribution < 1.29 is 34.0 Å². The number of nitrogens with one attached hydrogen (secondary N) is 3. The van der Waals surface area contributed by atoms with Gasteiger partial charge in [0.1, 0.15) is 12.4 Å². The highest BCUT2D eigenvalue weighted by Crippen LogP contribution is 2.44. The van der Waals surface area contributed by atoms with Crippen molar-refractivity contribution in [1.29, 1.82) is 0 Å². The predicted molar refractivity (Wildman–Crippen MR) is 147 cm³/mol. The van der Waals surface area contributed by atoms with E-state index in [9.17, 15) is 19.8 Å². The maximum absolute atomic E-state index is 13.2. The minimum atomic E-state index is -1.04. The Labute approximate surface area is 235 Å². The van der Waals surface area contributed by atoms with Crippen LogP contribution in [-0.4, -0.2) is 89.8 Å². The molecular weight excluding hydrogens is 542 g/mol. The molecule has 0 radical (unpaired) electrons. The van der Waals surface area contributed by atoms with E-state index in [0.717, 1.165) is 0 Å². The van der Waals surface area contributed by atoms with Gasteiger partial charge in [0, 0.05) is 43.1 Å². The molecule has 1 fully saturated rings. The summed E-state index contributed by atoms with van der Waals surface area (Å²) in [7, 11) is 1.51. The van der Waals surface area contributed by atoms with Crippen LogP contribution in [0.2, 0.25) is 5.02 Å². The molecule has 1 unspecified atom stereocenters. The van der Waals surface area contributed by atoms with Crippen LogP contribution in [0.5, 0.6) is 11.5 Å². The quantitative estimate of drug-likeness (QED) is 0.259. The molecule has 2 aliphatic heterocycles. The molecule has 2 atom stereocenters. The van der Waals surface area contributed by atoms with Gasteiger partial charge in [-0.05, 0) is 24.6 Å². The summed E-state index contributed by atoms with van der Waals surface area (Å²) in [4.78, 5) is 33.8. The number of morpholine rings is 1. The van der Waals surface area contributed by atoms with Gasteiger partial charge in [-0.3, -0.25) is 14.7 Å². The summed E-state index contributed by atoms with van der Waals surface area (Å²) in [5.41, 5.74) is 3.25. The van der Waals surface area contributed by atoms with E-state index in [1.807, 2.05) is 0 Å². The number of aromatic nitrogens is 2. The summed E-state index contributed by atoms with van der Waals surface area (Å²) in [5, 5.41) is 25.9. The fourth-order valence-electron chi connectivity index (χ4n) is 5.08. The van der Waals surface area contributed by atoms with Crippen LogP contribution in [-0.2, 0) is 4.74 Å². The molecule has 12 nitrogen and oxygen atoms in total. The molecule has 5 N–H and O–H groups in total. The number of rotatable bonds is 9. The molecule has 4 heterocycles. The van der Waals surface area contributed by atoms with Crippen molar-refractivity contribution in [1.82, 2.24) is 20.2 Å². The third kappa shape index (κ3) is 5.37. The summed E-state index contributed by atoms with van der Waals surface area (Å²) in [5.74, 6) is 0.369. The number of aliphatic hydroxyl groups excluding tert-OH is 1. The Morgan fingerprint density at radius 2 is 2.20 bits per heavy atom. The number of hydrogen-bond donors (Lipinski definition) is 5. The fraction of sp³-hybridized carbons (Fsp3) is 0.370. The molecule has 5 rings (SSSR count). The Kier molecular flexibility index (Phi) is 8.29. The first-order valence-corrected chi connectivity index (χ1v) is 13.2. The average Bonchev–Trinajstić information content (AvgIpc) is 3.34. The Bertz CT molecular complexity index is 1400. The number of aliphatic hydroxyl groups is 1. The van der Waals surface area contributed by atoms with E-state index in [1.54, 1.807) is 36.7 Å². The molecule has 0 saturated carbocycles. The Morgan fingerprint density at radius 1 is 1.35 bits per heavy atom. The monoisotopic (exact) mass is 571 g/mol. The first-order valence-electron chi connectivity index (χ1n) is 12.8.